The number of halogens is 1. The standard InChI is InChI=1S/C14H15ClN6O3/c1-2-3-4-21-9-10(17-13(21)22)16-12(15)18-11(9)19-5-7-20(8-6-19)14(23)24/h4-8H2,1H3,(H,23,24)(H,16,17,18,22). The van der Waals surface area contributed by atoms with Crippen LogP contribution >= 0.6 is 11.6 Å². The number of rotatable bonds is 2. The lowest BCUT2D eigenvalue weighted by Crippen LogP contribution is -2.48. The molecule has 0 aromatic carbocycles. The number of carboxylic acid groups (broad SMARTS) is 1. The molecule has 0 unspecified atom stereocenters. The van der Waals surface area contributed by atoms with Gasteiger partial charge in [-0.1, -0.05) is 5.92 Å². The summed E-state index contributed by atoms with van der Waals surface area (Å²) in [4.78, 5) is 37.4. The average molecular weight is 351 g/mol. The molecule has 1 fully saturated rings. The molecule has 24 heavy (non-hydrogen) atoms. The first-order chi connectivity index (χ1) is 11.5. The molecule has 2 aromatic rings. The highest BCUT2D eigenvalue weighted by molar-refractivity contribution is 6.28. The van der Waals surface area contributed by atoms with Gasteiger partial charge in [0.1, 0.15) is 5.52 Å². The summed E-state index contributed by atoms with van der Waals surface area (Å²) in [6.07, 6.45) is -0.947. The molecule has 10 heteroatoms. The molecule has 126 valence electrons. The van der Waals surface area contributed by atoms with Crippen molar-refractivity contribution in [3.8, 4) is 11.8 Å². The number of aromatic nitrogens is 4. The van der Waals surface area contributed by atoms with Crippen LogP contribution < -0.4 is 10.6 Å². The third-order valence-corrected chi connectivity index (χ3v) is 4.01. The van der Waals surface area contributed by atoms with Gasteiger partial charge in [-0.2, -0.15) is 9.97 Å². The Morgan fingerprint density at radius 1 is 1.33 bits per heavy atom. The highest BCUT2D eigenvalue weighted by Gasteiger charge is 2.25. The maximum absolute atomic E-state index is 12.2. The van der Waals surface area contributed by atoms with Crippen molar-refractivity contribution in [2.75, 3.05) is 31.1 Å². The Kier molecular flexibility index (Phi) is 4.31. The number of nitrogens with one attached hydrogen (secondary N) is 1. The molecular weight excluding hydrogens is 336 g/mol. The van der Waals surface area contributed by atoms with Crippen LogP contribution in [-0.4, -0.2) is 61.8 Å². The van der Waals surface area contributed by atoms with Crippen molar-refractivity contribution in [3.63, 3.8) is 0 Å². The van der Waals surface area contributed by atoms with E-state index >= 15 is 0 Å². The second-order valence-electron chi connectivity index (χ2n) is 5.21. The van der Waals surface area contributed by atoms with E-state index in [4.69, 9.17) is 16.7 Å². The normalized spacial score (nSPS) is 14.6. The predicted octanol–water partition coefficient (Wildman–Crippen LogP) is 0.596. The van der Waals surface area contributed by atoms with Crippen LogP contribution in [0.15, 0.2) is 4.79 Å². The second-order valence-corrected chi connectivity index (χ2v) is 5.55. The zero-order valence-corrected chi connectivity index (χ0v) is 13.7. The third-order valence-electron chi connectivity index (χ3n) is 3.84. The quantitative estimate of drug-likeness (QED) is 0.606. The molecule has 3 rings (SSSR count). The molecule has 2 aromatic heterocycles. The van der Waals surface area contributed by atoms with Crippen LogP contribution in [0.1, 0.15) is 6.92 Å². The summed E-state index contributed by atoms with van der Waals surface area (Å²) < 4.78 is 1.46. The maximum atomic E-state index is 12.2. The number of H-pyrrole nitrogens is 1. The van der Waals surface area contributed by atoms with Gasteiger partial charge in [0.25, 0.3) is 0 Å². The summed E-state index contributed by atoms with van der Waals surface area (Å²) >= 11 is 5.98. The van der Waals surface area contributed by atoms with Crippen molar-refractivity contribution in [3.05, 3.63) is 15.8 Å². The van der Waals surface area contributed by atoms with Crippen LogP contribution in [0.25, 0.3) is 11.2 Å². The van der Waals surface area contributed by atoms with Gasteiger partial charge in [0.05, 0.1) is 6.54 Å². The summed E-state index contributed by atoms with van der Waals surface area (Å²) in [7, 11) is 0. The lowest BCUT2D eigenvalue weighted by Gasteiger charge is -2.34. The van der Waals surface area contributed by atoms with Gasteiger partial charge in [-0.15, -0.1) is 5.92 Å². The van der Waals surface area contributed by atoms with Crippen LogP contribution in [0.2, 0.25) is 5.28 Å². The van der Waals surface area contributed by atoms with Crippen molar-refractivity contribution in [1.82, 2.24) is 24.4 Å². The van der Waals surface area contributed by atoms with E-state index in [1.54, 1.807) is 6.92 Å². The lowest BCUT2D eigenvalue weighted by atomic mass is 10.3. The van der Waals surface area contributed by atoms with E-state index < -0.39 is 6.09 Å². The molecule has 1 aliphatic rings. The van der Waals surface area contributed by atoms with Crippen molar-refractivity contribution >= 4 is 34.7 Å². The zero-order chi connectivity index (χ0) is 17.3. The van der Waals surface area contributed by atoms with Gasteiger partial charge in [-0.05, 0) is 18.5 Å². The molecule has 0 atom stereocenters. The van der Waals surface area contributed by atoms with Gasteiger partial charge in [-0.25, -0.2) is 9.59 Å². The number of aromatic amines is 1. The van der Waals surface area contributed by atoms with Gasteiger partial charge in [0.2, 0.25) is 5.28 Å². The Bertz CT molecular complexity index is 901. The van der Waals surface area contributed by atoms with Crippen LogP contribution in [0.4, 0.5) is 10.6 Å². The van der Waals surface area contributed by atoms with E-state index in [1.807, 2.05) is 4.90 Å². The number of carbonyl (C=O) groups is 1. The van der Waals surface area contributed by atoms with Crippen molar-refractivity contribution in [2.45, 2.75) is 13.5 Å². The topological polar surface area (TPSA) is 107 Å². The minimum atomic E-state index is -0.947. The van der Waals surface area contributed by atoms with Crippen molar-refractivity contribution in [2.24, 2.45) is 0 Å². The summed E-state index contributed by atoms with van der Waals surface area (Å²) in [5, 5.41) is 9.07. The SMILES string of the molecule is CC#CCn1c(=O)[nH]c2nc(Cl)nc(N3CCN(C(=O)O)CC3)c21. The summed E-state index contributed by atoms with van der Waals surface area (Å²) in [5.74, 6) is 6.11. The number of piperazine rings is 1. The monoisotopic (exact) mass is 350 g/mol. The molecule has 1 amide bonds. The Labute approximate surface area is 141 Å². The summed E-state index contributed by atoms with van der Waals surface area (Å²) in [6, 6.07) is 0. The third kappa shape index (κ3) is 2.88. The minimum absolute atomic E-state index is 0.0214. The predicted molar refractivity (Wildman–Crippen MR) is 88.4 cm³/mol. The van der Waals surface area contributed by atoms with E-state index in [1.165, 1.54) is 9.47 Å². The van der Waals surface area contributed by atoms with Crippen molar-refractivity contribution < 1.29 is 9.90 Å². The fourth-order valence-electron chi connectivity index (χ4n) is 2.66. The van der Waals surface area contributed by atoms with Gasteiger partial charge >= 0.3 is 11.8 Å². The first-order valence-electron chi connectivity index (χ1n) is 7.29. The number of hydrogen-bond acceptors (Lipinski definition) is 5. The Balaban J connectivity index is 2.05. The Morgan fingerprint density at radius 3 is 2.67 bits per heavy atom. The fraction of sp³-hybridized carbons (Fsp3) is 0.429. The number of imidazole rings is 1. The van der Waals surface area contributed by atoms with Crippen LogP contribution in [0, 0.1) is 11.8 Å². The molecule has 0 aliphatic carbocycles. The first-order valence-corrected chi connectivity index (χ1v) is 7.67. The molecule has 1 aliphatic heterocycles. The van der Waals surface area contributed by atoms with E-state index in [0.717, 1.165) is 0 Å². The second kappa shape index (κ2) is 6.41. The smallest absolute Gasteiger partial charge is 0.407 e. The molecule has 0 saturated carbocycles. The van der Waals surface area contributed by atoms with E-state index in [-0.39, 0.29) is 17.5 Å². The Morgan fingerprint density at radius 2 is 2.04 bits per heavy atom. The first kappa shape index (κ1) is 16.1. The number of fused-ring (bicyclic) bond motifs is 1. The highest BCUT2D eigenvalue weighted by atomic mass is 35.5. The number of amides is 1. The summed E-state index contributed by atoms with van der Waals surface area (Å²) in [5.41, 5.74) is 0.527. The van der Waals surface area contributed by atoms with Gasteiger partial charge in [0, 0.05) is 26.2 Å². The summed E-state index contributed by atoms with van der Waals surface area (Å²) in [6.45, 7) is 3.51. The minimum Gasteiger partial charge on any atom is -0.465 e. The van der Waals surface area contributed by atoms with Crippen LogP contribution in [0.5, 0.6) is 0 Å². The van der Waals surface area contributed by atoms with Gasteiger partial charge in [0.15, 0.2) is 11.5 Å². The zero-order valence-electron chi connectivity index (χ0n) is 12.9. The average Bonchev–Trinajstić information content (AvgIpc) is 2.87. The maximum Gasteiger partial charge on any atom is 0.407 e. The number of hydrogen-bond donors (Lipinski definition) is 2. The molecule has 2 N–H and O–H groups in total. The van der Waals surface area contributed by atoms with Crippen molar-refractivity contribution in [1.29, 1.82) is 0 Å². The largest absolute Gasteiger partial charge is 0.465 e. The molecule has 9 nitrogen and oxygen atoms in total. The lowest BCUT2D eigenvalue weighted by molar-refractivity contribution is 0.142. The molecule has 1 saturated heterocycles. The van der Waals surface area contributed by atoms with Crippen LogP contribution in [-0.2, 0) is 6.54 Å². The van der Waals surface area contributed by atoms with Gasteiger partial charge < -0.3 is 14.9 Å². The van der Waals surface area contributed by atoms with E-state index in [2.05, 4.69) is 26.8 Å². The molecule has 3 heterocycles. The van der Waals surface area contributed by atoms with E-state index in [0.29, 0.717) is 43.2 Å². The number of anilines is 1. The fourth-order valence-corrected chi connectivity index (χ4v) is 2.83. The number of nitrogens with zero attached hydrogens (tertiary/aromatic N) is 5. The molecule has 0 radical (unpaired) electrons. The highest BCUT2D eigenvalue weighted by Crippen LogP contribution is 2.24. The van der Waals surface area contributed by atoms with Crippen LogP contribution in [0.3, 0.4) is 0 Å². The molecule has 0 bridgehead atoms. The Hall–Kier alpha value is -2.73. The molecular formula is C14H15ClN6O3. The van der Waals surface area contributed by atoms with Gasteiger partial charge in [-0.3, -0.25) is 9.55 Å². The van der Waals surface area contributed by atoms with E-state index in [9.17, 15) is 9.59 Å². The molecule has 0 spiro atoms.